The second-order valence-electron chi connectivity index (χ2n) is 3.95. The molecule has 0 amide bonds. The minimum atomic E-state index is -0.634. The summed E-state index contributed by atoms with van der Waals surface area (Å²) in [6.07, 6.45) is 0. The third-order valence-electron chi connectivity index (χ3n) is 2.59. The van der Waals surface area contributed by atoms with Crippen LogP contribution in [0.4, 0.5) is 17.2 Å². The average Bonchev–Trinajstić information content (AvgIpc) is 2.46. The molecule has 0 spiro atoms. The number of halogens is 1. The van der Waals surface area contributed by atoms with Crippen molar-refractivity contribution in [3.63, 3.8) is 0 Å². The van der Waals surface area contributed by atoms with Crippen LogP contribution in [0.3, 0.4) is 0 Å². The maximum atomic E-state index is 11.4. The topological polar surface area (TPSA) is 94.4 Å². The van der Waals surface area contributed by atoms with Crippen LogP contribution in [0.1, 0.15) is 10.4 Å². The van der Waals surface area contributed by atoms with E-state index in [1.807, 2.05) is 0 Å². The first-order valence-corrected chi connectivity index (χ1v) is 6.57. The van der Waals surface area contributed by atoms with Crippen molar-refractivity contribution in [1.29, 1.82) is 0 Å². The van der Waals surface area contributed by atoms with E-state index in [1.165, 1.54) is 19.2 Å². The molecule has 0 bridgehead atoms. The Morgan fingerprint density at radius 2 is 2.14 bits per heavy atom. The summed E-state index contributed by atoms with van der Waals surface area (Å²) in [6.45, 7) is 0. The highest BCUT2D eigenvalue weighted by Crippen LogP contribution is 2.28. The summed E-state index contributed by atoms with van der Waals surface area (Å²) in [5, 5.41) is 14.0. The Balaban J connectivity index is 2.39. The van der Waals surface area contributed by atoms with Gasteiger partial charge in [-0.15, -0.1) is 0 Å². The standard InChI is InChI=1S/C13H10BrN3O4/c1-21-13(18)8-5-6-9(10(7-8)17(19)20)15-12-4-2-3-11(14)16-12/h2-7H,1H3,(H,15,16). The predicted octanol–water partition coefficient (Wildman–Crippen LogP) is 3.28. The Kier molecular flexibility index (Phi) is 4.49. The van der Waals surface area contributed by atoms with E-state index in [0.717, 1.165) is 6.07 Å². The first-order valence-electron chi connectivity index (χ1n) is 5.77. The maximum Gasteiger partial charge on any atom is 0.338 e. The Labute approximate surface area is 128 Å². The van der Waals surface area contributed by atoms with Gasteiger partial charge < -0.3 is 10.1 Å². The van der Waals surface area contributed by atoms with Crippen LogP contribution in [0.15, 0.2) is 41.0 Å². The summed E-state index contributed by atoms with van der Waals surface area (Å²) >= 11 is 3.22. The third-order valence-corrected chi connectivity index (χ3v) is 3.04. The number of hydrogen-bond donors (Lipinski definition) is 1. The van der Waals surface area contributed by atoms with Crippen molar-refractivity contribution in [2.45, 2.75) is 0 Å². The lowest BCUT2D eigenvalue weighted by atomic mass is 10.1. The van der Waals surface area contributed by atoms with Gasteiger partial charge >= 0.3 is 5.97 Å². The fourth-order valence-electron chi connectivity index (χ4n) is 1.65. The molecule has 1 aromatic heterocycles. The fourth-order valence-corrected chi connectivity index (χ4v) is 1.99. The van der Waals surface area contributed by atoms with Crippen molar-refractivity contribution in [2.24, 2.45) is 0 Å². The lowest BCUT2D eigenvalue weighted by Crippen LogP contribution is -2.04. The van der Waals surface area contributed by atoms with E-state index >= 15 is 0 Å². The zero-order chi connectivity index (χ0) is 15.4. The molecule has 0 unspecified atom stereocenters. The van der Waals surface area contributed by atoms with Crippen LogP contribution in [0.5, 0.6) is 0 Å². The number of benzene rings is 1. The zero-order valence-electron chi connectivity index (χ0n) is 10.9. The molecule has 0 saturated heterocycles. The van der Waals surface area contributed by atoms with Crippen LogP contribution in [0.25, 0.3) is 0 Å². The van der Waals surface area contributed by atoms with Crippen molar-refractivity contribution in [2.75, 3.05) is 12.4 Å². The summed E-state index contributed by atoms with van der Waals surface area (Å²) in [5.41, 5.74) is 0.106. The van der Waals surface area contributed by atoms with Gasteiger partial charge in [-0.05, 0) is 40.2 Å². The fraction of sp³-hybridized carbons (Fsp3) is 0.0769. The van der Waals surface area contributed by atoms with Gasteiger partial charge in [-0.3, -0.25) is 10.1 Å². The molecule has 2 rings (SSSR count). The van der Waals surface area contributed by atoms with Gasteiger partial charge in [-0.25, -0.2) is 9.78 Å². The molecule has 2 aromatic rings. The molecular formula is C13H10BrN3O4. The molecule has 1 aromatic carbocycles. The van der Waals surface area contributed by atoms with Gasteiger partial charge in [0.05, 0.1) is 17.6 Å². The number of hydrogen-bond acceptors (Lipinski definition) is 6. The first-order chi connectivity index (χ1) is 10.0. The molecule has 0 fully saturated rings. The highest BCUT2D eigenvalue weighted by atomic mass is 79.9. The number of esters is 1. The van der Waals surface area contributed by atoms with E-state index in [2.05, 4.69) is 31.0 Å². The molecule has 0 radical (unpaired) electrons. The largest absolute Gasteiger partial charge is 0.465 e. The van der Waals surface area contributed by atoms with Gasteiger partial charge in [-0.1, -0.05) is 6.07 Å². The number of nitro benzene ring substituents is 1. The molecule has 1 N–H and O–H groups in total. The van der Waals surface area contributed by atoms with Gasteiger partial charge in [0.25, 0.3) is 5.69 Å². The zero-order valence-corrected chi connectivity index (χ0v) is 12.5. The Morgan fingerprint density at radius 3 is 2.76 bits per heavy atom. The van der Waals surface area contributed by atoms with E-state index in [1.54, 1.807) is 18.2 Å². The highest BCUT2D eigenvalue weighted by Gasteiger charge is 2.18. The second-order valence-corrected chi connectivity index (χ2v) is 4.76. The molecule has 0 aliphatic carbocycles. The SMILES string of the molecule is COC(=O)c1ccc(Nc2cccc(Br)n2)c([N+](=O)[O-])c1. The average molecular weight is 352 g/mol. The molecule has 108 valence electrons. The van der Waals surface area contributed by atoms with Crippen LogP contribution < -0.4 is 5.32 Å². The molecule has 0 saturated carbocycles. The monoisotopic (exact) mass is 351 g/mol. The van der Waals surface area contributed by atoms with Crippen molar-refractivity contribution in [3.8, 4) is 0 Å². The Bertz CT molecular complexity index is 706. The number of ether oxygens (including phenoxy) is 1. The number of methoxy groups -OCH3 is 1. The molecule has 0 aliphatic heterocycles. The number of nitrogens with one attached hydrogen (secondary N) is 1. The van der Waals surface area contributed by atoms with Gasteiger partial charge in [0.15, 0.2) is 0 Å². The maximum absolute atomic E-state index is 11.4. The van der Waals surface area contributed by atoms with Crippen molar-refractivity contribution in [3.05, 3.63) is 56.7 Å². The smallest absolute Gasteiger partial charge is 0.338 e. The van der Waals surface area contributed by atoms with Crippen LogP contribution in [0, 0.1) is 10.1 Å². The van der Waals surface area contributed by atoms with E-state index < -0.39 is 10.9 Å². The summed E-state index contributed by atoms with van der Waals surface area (Å²) in [4.78, 5) is 26.1. The van der Waals surface area contributed by atoms with Crippen molar-refractivity contribution in [1.82, 2.24) is 4.98 Å². The molecule has 21 heavy (non-hydrogen) atoms. The van der Waals surface area contributed by atoms with Crippen LogP contribution in [-0.4, -0.2) is 23.0 Å². The molecule has 0 atom stereocenters. The van der Waals surface area contributed by atoms with Crippen molar-refractivity contribution >= 4 is 39.1 Å². The number of anilines is 2. The minimum absolute atomic E-state index is 0.108. The highest BCUT2D eigenvalue weighted by molar-refractivity contribution is 9.10. The minimum Gasteiger partial charge on any atom is -0.465 e. The van der Waals surface area contributed by atoms with Gasteiger partial charge in [0.1, 0.15) is 16.1 Å². The number of carbonyl (C=O) groups is 1. The lowest BCUT2D eigenvalue weighted by molar-refractivity contribution is -0.383. The van der Waals surface area contributed by atoms with E-state index in [0.29, 0.717) is 10.4 Å². The lowest BCUT2D eigenvalue weighted by Gasteiger charge is -2.07. The summed E-state index contributed by atoms with van der Waals surface area (Å²) in [7, 11) is 1.21. The number of rotatable bonds is 4. The van der Waals surface area contributed by atoms with Gasteiger partial charge in [0, 0.05) is 6.07 Å². The second kappa shape index (κ2) is 6.31. The number of nitro groups is 1. The van der Waals surface area contributed by atoms with E-state index in [9.17, 15) is 14.9 Å². The quantitative estimate of drug-likeness (QED) is 0.393. The number of carbonyl (C=O) groups excluding carboxylic acids is 1. The number of aromatic nitrogens is 1. The van der Waals surface area contributed by atoms with Crippen molar-refractivity contribution < 1.29 is 14.5 Å². The number of pyridine rings is 1. The summed E-state index contributed by atoms with van der Waals surface area (Å²) in [5.74, 6) is -0.191. The molecule has 0 aliphatic rings. The Morgan fingerprint density at radius 1 is 1.38 bits per heavy atom. The number of nitrogens with zero attached hydrogens (tertiary/aromatic N) is 2. The Hall–Kier alpha value is -2.48. The summed E-state index contributed by atoms with van der Waals surface area (Å²) in [6, 6.07) is 9.19. The first kappa shape index (κ1) is 14.9. The van der Waals surface area contributed by atoms with E-state index in [-0.39, 0.29) is 16.9 Å². The van der Waals surface area contributed by atoms with Crippen LogP contribution in [0.2, 0.25) is 0 Å². The van der Waals surface area contributed by atoms with Gasteiger partial charge in [0.2, 0.25) is 0 Å². The van der Waals surface area contributed by atoms with Gasteiger partial charge in [-0.2, -0.15) is 0 Å². The molecule has 1 heterocycles. The predicted molar refractivity (Wildman–Crippen MR) is 79.7 cm³/mol. The van der Waals surface area contributed by atoms with Crippen LogP contribution >= 0.6 is 15.9 Å². The summed E-state index contributed by atoms with van der Waals surface area (Å²) < 4.78 is 5.14. The third kappa shape index (κ3) is 3.54. The molecule has 8 heteroatoms. The molecular weight excluding hydrogens is 342 g/mol. The van der Waals surface area contributed by atoms with E-state index in [4.69, 9.17) is 0 Å². The molecule has 7 nitrogen and oxygen atoms in total. The normalized spacial score (nSPS) is 10.0. The van der Waals surface area contributed by atoms with Crippen LogP contribution in [-0.2, 0) is 4.74 Å².